The molecule has 2 rings (SSSR count). The first kappa shape index (κ1) is 16.5. The molecule has 0 aromatic heterocycles. The SMILES string of the molecule is O=C(CNc1ccccc1C(F)(F)F)c1ccc([N+](=O)[O-])cc1. The number of nitro groups is 1. The van der Waals surface area contributed by atoms with Crippen LogP contribution in [0.25, 0.3) is 0 Å². The van der Waals surface area contributed by atoms with Crippen molar-refractivity contribution in [2.75, 3.05) is 11.9 Å². The standard InChI is InChI=1S/C15H11F3N2O3/c16-15(17,18)12-3-1-2-4-13(12)19-9-14(21)10-5-7-11(8-6-10)20(22)23/h1-8,19H,9H2. The average molecular weight is 324 g/mol. The fraction of sp³-hybridized carbons (Fsp3) is 0.133. The van der Waals surface area contributed by atoms with Crippen molar-refractivity contribution in [1.82, 2.24) is 0 Å². The normalized spacial score (nSPS) is 11.1. The molecule has 5 nitrogen and oxygen atoms in total. The van der Waals surface area contributed by atoms with Crippen LogP contribution < -0.4 is 5.32 Å². The van der Waals surface area contributed by atoms with Crippen LogP contribution in [-0.4, -0.2) is 17.3 Å². The first-order valence-electron chi connectivity index (χ1n) is 6.47. The van der Waals surface area contributed by atoms with Crippen LogP contribution in [0.5, 0.6) is 0 Å². The van der Waals surface area contributed by atoms with Gasteiger partial charge in [-0.05, 0) is 24.3 Å². The van der Waals surface area contributed by atoms with E-state index < -0.39 is 22.4 Å². The Morgan fingerprint density at radius 1 is 1.09 bits per heavy atom. The lowest BCUT2D eigenvalue weighted by molar-refractivity contribution is -0.384. The third-order valence-electron chi connectivity index (χ3n) is 3.07. The Labute approximate surface area is 128 Å². The Balaban J connectivity index is 2.09. The quantitative estimate of drug-likeness (QED) is 0.514. The number of hydrogen-bond donors (Lipinski definition) is 1. The van der Waals surface area contributed by atoms with Crippen molar-refractivity contribution in [3.63, 3.8) is 0 Å². The van der Waals surface area contributed by atoms with Gasteiger partial charge in [0.05, 0.1) is 17.0 Å². The number of hydrogen-bond acceptors (Lipinski definition) is 4. The van der Waals surface area contributed by atoms with E-state index in [9.17, 15) is 28.1 Å². The van der Waals surface area contributed by atoms with Gasteiger partial charge in [-0.3, -0.25) is 14.9 Å². The molecular weight excluding hydrogens is 313 g/mol. The van der Waals surface area contributed by atoms with E-state index in [2.05, 4.69) is 5.32 Å². The summed E-state index contributed by atoms with van der Waals surface area (Å²) in [7, 11) is 0. The molecule has 0 saturated heterocycles. The maximum Gasteiger partial charge on any atom is 0.418 e. The molecule has 120 valence electrons. The van der Waals surface area contributed by atoms with Crippen LogP contribution >= 0.6 is 0 Å². The third kappa shape index (κ3) is 4.06. The van der Waals surface area contributed by atoms with Crippen LogP contribution in [0.4, 0.5) is 24.5 Å². The predicted octanol–water partition coefficient (Wildman–Crippen LogP) is 3.91. The van der Waals surface area contributed by atoms with Crippen LogP contribution in [-0.2, 0) is 6.18 Å². The predicted molar refractivity (Wildman–Crippen MR) is 77.4 cm³/mol. The second kappa shape index (κ2) is 6.47. The minimum Gasteiger partial charge on any atom is -0.377 e. The number of anilines is 1. The van der Waals surface area contributed by atoms with Crippen LogP contribution in [0.2, 0.25) is 0 Å². The van der Waals surface area contributed by atoms with E-state index in [0.717, 1.165) is 18.2 Å². The van der Waals surface area contributed by atoms with Gasteiger partial charge in [-0.25, -0.2) is 0 Å². The molecule has 0 aliphatic rings. The minimum absolute atomic E-state index is 0.170. The number of nitro benzene ring substituents is 1. The zero-order valence-corrected chi connectivity index (χ0v) is 11.6. The topological polar surface area (TPSA) is 72.2 Å². The summed E-state index contributed by atoms with van der Waals surface area (Å²) in [5.41, 5.74) is -1.06. The van der Waals surface area contributed by atoms with E-state index in [4.69, 9.17) is 0 Å². The van der Waals surface area contributed by atoms with Gasteiger partial charge in [0.25, 0.3) is 5.69 Å². The Bertz CT molecular complexity index is 727. The summed E-state index contributed by atoms with van der Waals surface area (Å²) < 4.78 is 38.5. The highest BCUT2D eigenvalue weighted by Gasteiger charge is 2.33. The number of benzene rings is 2. The summed E-state index contributed by atoms with van der Waals surface area (Å²) >= 11 is 0. The fourth-order valence-corrected chi connectivity index (χ4v) is 1.93. The summed E-state index contributed by atoms with van der Waals surface area (Å²) in [6, 6.07) is 9.67. The van der Waals surface area contributed by atoms with Gasteiger partial charge in [-0.1, -0.05) is 12.1 Å². The zero-order chi connectivity index (χ0) is 17.0. The van der Waals surface area contributed by atoms with E-state index in [-0.39, 0.29) is 23.5 Å². The van der Waals surface area contributed by atoms with E-state index in [1.54, 1.807) is 0 Å². The van der Waals surface area contributed by atoms with Gasteiger partial charge in [-0.2, -0.15) is 13.2 Å². The first-order chi connectivity index (χ1) is 10.8. The van der Waals surface area contributed by atoms with Crippen LogP contribution in [0.3, 0.4) is 0 Å². The van der Waals surface area contributed by atoms with Gasteiger partial charge >= 0.3 is 6.18 Å². The number of nitrogens with zero attached hydrogens (tertiary/aromatic N) is 1. The molecule has 0 bridgehead atoms. The van der Waals surface area contributed by atoms with Crippen molar-refractivity contribution in [1.29, 1.82) is 0 Å². The Hall–Kier alpha value is -2.90. The number of non-ortho nitro benzene ring substituents is 1. The Morgan fingerprint density at radius 3 is 2.26 bits per heavy atom. The molecule has 0 aliphatic heterocycles. The molecule has 0 aliphatic carbocycles. The smallest absolute Gasteiger partial charge is 0.377 e. The highest BCUT2D eigenvalue weighted by molar-refractivity contribution is 5.99. The number of halogens is 3. The van der Waals surface area contributed by atoms with E-state index in [1.165, 1.54) is 30.3 Å². The van der Waals surface area contributed by atoms with Crippen LogP contribution in [0.1, 0.15) is 15.9 Å². The molecule has 0 fully saturated rings. The van der Waals surface area contributed by atoms with Gasteiger partial charge in [0, 0.05) is 23.4 Å². The van der Waals surface area contributed by atoms with Gasteiger partial charge < -0.3 is 5.32 Å². The number of para-hydroxylation sites is 1. The summed E-state index contributed by atoms with van der Waals surface area (Å²) in [6.45, 7) is -0.356. The van der Waals surface area contributed by atoms with Crippen molar-refractivity contribution in [2.45, 2.75) is 6.18 Å². The maximum absolute atomic E-state index is 12.8. The van der Waals surface area contributed by atoms with Gasteiger partial charge in [-0.15, -0.1) is 0 Å². The summed E-state index contributed by atoms with van der Waals surface area (Å²) in [5.74, 6) is -0.475. The van der Waals surface area contributed by atoms with Gasteiger partial charge in [0.15, 0.2) is 5.78 Å². The molecule has 8 heteroatoms. The van der Waals surface area contributed by atoms with Crippen LogP contribution in [0, 0.1) is 10.1 Å². The van der Waals surface area contributed by atoms with Gasteiger partial charge in [0.2, 0.25) is 0 Å². The van der Waals surface area contributed by atoms with Crippen LogP contribution in [0.15, 0.2) is 48.5 Å². The number of Topliss-reactive ketones (excluding diaryl/α,β-unsaturated/α-hetero) is 1. The van der Waals surface area contributed by atoms with Crippen molar-refractivity contribution in [3.05, 3.63) is 69.8 Å². The van der Waals surface area contributed by atoms with Crippen molar-refractivity contribution >= 4 is 17.2 Å². The molecule has 0 atom stereocenters. The number of ketones is 1. The molecule has 2 aromatic rings. The molecule has 23 heavy (non-hydrogen) atoms. The molecule has 0 amide bonds. The minimum atomic E-state index is -4.53. The molecule has 2 aromatic carbocycles. The third-order valence-corrected chi connectivity index (χ3v) is 3.07. The Morgan fingerprint density at radius 2 is 1.70 bits per heavy atom. The molecule has 0 saturated carbocycles. The monoisotopic (exact) mass is 324 g/mol. The summed E-state index contributed by atoms with van der Waals surface area (Å²) in [5, 5.41) is 13.0. The van der Waals surface area contributed by atoms with E-state index in [1.807, 2.05) is 0 Å². The summed E-state index contributed by atoms with van der Waals surface area (Å²) in [6.07, 6.45) is -4.53. The van der Waals surface area contributed by atoms with Crippen molar-refractivity contribution in [3.8, 4) is 0 Å². The van der Waals surface area contributed by atoms with E-state index >= 15 is 0 Å². The number of carbonyl (C=O) groups excluding carboxylic acids is 1. The molecule has 0 heterocycles. The second-order valence-electron chi connectivity index (χ2n) is 4.62. The first-order valence-corrected chi connectivity index (χ1v) is 6.47. The molecule has 1 N–H and O–H groups in total. The fourth-order valence-electron chi connectivity index (χ4n) is 1.93. The largest absolute Gasteiger partial charge is 0.418 e. The van der Waals surface area contributed by atoms with Crippen molar-refractivity contribution < 1.29 is 22.9 Å². The molecular formula is C15H11F3N2O3. The highest BCUT2D eigenvalue weighted by Crippen LogP contribution is 2.34. The van der Waals surface area contributed by atoms with E-state index in [0.29, 0.717) is 0 Å². The lowest BCUT2D eigenvalue weighted by atomic mass is 10.1. The lowest BCUT2D eigenvalue weighted by Crippen LogP contribution is -2.17. The average Bonchev–Trinajstić information content (AvgIpc) is 2.52. The number of carbonyl (C=O) groups is 1. The highest BCUT2D eigenvalue weighted by atomic mass is 19.4. The molecule has 0 unspecified atom stereocenters. The van der Waals surface area contributed by atoms with Gasteiger partial charge in [0.1, 0.15) is 0 Å². The zero-order valence-electron chi connectivity index (χ0n) is 11.6. The molecule has 0 spiro atoms. The summed E-state index contributed by atoms with van der Waals surface area (Å²) in [4.78, 5) is 21.9. The number of rotatable bonds is 5. The molecule has 0 radical (unpaired) electrons. The Kier molecular flexibility index (Phi) is 4.63. The number of alkyl halides is 3. The lowest BCUT2D eigenvalue weighted by Gasteiger charge is -2.13. The maximum atomic E-state index is 12.8. The van der Waals surface area contributed by atoms with Crippen molar-refractivity contribution in [2.24, 2.45) is 0 Å². The number of nitrogens with one attached hydrogen (secondary N) is 1. The second-order valence-corrected chi connectivity index (χ2v) is 4.62.